The number of ether oxygens (including phenoxy) is 2. The van der Waals surface area contributed by atoms with Crippen LogP contribution in [0.2, 0.25) is 0 Å². The van der Waals surface area contributed by atoms with Crippen LogP contribution in [0.15, 0.2) is 34.1 Å². The van der Waals surface area contributed by atoms with Crippen molar-refractivity contribution in [1.82, 2.24) is 14.9 Å². The molecule has 1 aliphatic carbocycles. The van der Waals surface area contributed by atoms with Crippen LogP contribution in [0, 0.1) is 0 Å². The first-order valence-electron chi connectivity index (χ1n) is 10.9. The van der Waals surface area contributed by atoms with Gasteiger partial charge in [0, 0.05) is 24.4 Å². The van der Waals surface area contributed by atoms with Crippen molar-refractivity contribution in [3.8, 4) is 5.75 Å². The standard InChI is InChI=1S/C23H29N3O4S/c1-29-17-7-4-6-16(12-17)13-24-21(27)15-31-22-19-9-2-3-10-20(19)26(23(28)25-22)14-18-8-5-11-30-18/h4,6-7,12,18H,2-3,5,8-11,13-15H2,1H3,(H,24,27). The summed E-state index contributed by atoms with van der Waals surface area (Å²) in [7, 11) is 1.62. The third kappa shape index (κ3) is 5.49. The highest BCUT2D eigenvalue weighted by atomic mass is 32.2. The Hall–Kier alpha value is -2.32. The number of hydrogen-bond donors (Lipinski definition) is 1. The van der Waals surface area contributed by atoms with E-state index in [1.54, 1.807) is 7.11 Å². The number of methoxy groups -OCH3 is 1. The molecule has 1 aromatic carbocycles. The number of fused-ring (bicyclic) bond motifs is 1. The Bertz CT molecular complexity index is 985. The lowest BCUT2D eigenvalue weighted by atomic mass is 9.97. The molecule has 31 heavy (non-hydrogen) atoms. The average Bonchev–Trinajstić information content (AvgIpc) is 3.32. The van der Waals surface area contributed by atoms with Crippen LogP contribution < -0.4 is 15.7 Å². The van der Waals surface area contributed by atoms with Gasteiger partial charge in [0.2, 0.25) is 5.91 Å². The van der Waals surface area contributed by atoms with Gasteiger partial charge in [0.25, 0.3) is 0 Å². The zero-order valence-corrected chi connectivity index (χ0v) is 18.7. The summed E-state index contributed by atoms with van der Waals surface area (Å²) in [5.74, 6) is 0.918. The van der Waals surface area contributed by atoms with Gasteiger partial charge in [-0.2, -0.15) is 4.98 Å². The van der Waals surface area contributed by atoms with E-state index in [1.165, 1.54) is 11.8 Å². The van der Waals surface area contributed by atoms with Gasteiger partial charge in [0.1, 0.15) is 10.8 Å². The van der Waals surface area contributed by atoms with Gasteiger partial charge < -0.3 is 14.8 Å². The molecule has 7 nitrogen and oxygen atoms in total. The van der Waals surface area contributed by atoms with E-state index < -0.39 is 0 Å². The predicted octanol–water partition coefficient (Wildman–Crippen LogP) is 2.72. The summed E-state index contributed by atoms with van der Waals surface area (Å²) in [5, 5.41) is 3.64. The Balaban J connectivity index is 1.41. The molecule has 1 amide bonds. The second-order valence-electron chi connectivity index (χ2n) is 7.99. The molecule has 0 radical (unpaired) electrons. The van der Waals surface area contributed by atoms with Gasteiger partial charge in [-0.15, -0.1) is 0 Å². The fourth-order valence-electron chi connectivity index (χ4n) is 4.22. The maximum Gasteiger partial charge on any atom is 0.348 e. The van der Waals surface area contributed by atoms with Crippen molar-refractivity contribution in [2.24, 2.45) is 0 Å². The largest absolute Gasteiger partial charge is 0.497 e. The van der Waals surface area contributed by atoms with Crippen molar-refractivity contribution < 1.29 is 14.3 Å². The number of nitrogens with zero attached hydrogens (tertiary/aromatic N) is 2. The zero-order valence-electron chi connectivity index (χ0n) is 17.9. The van der Waals surface area contributed by atoms with Gasteiger partial charge in [0.15, 0.2) is 0 Å². The summed E-state index contributed by atoms with van der Waals surface area (Å²) >= 11 is 1.36. The number of benzene rings is 1. The van der Waals surface area contributed by atoms with Crippen molar-refractivity contribution >= 4 is 17.7 Å². The van der Waals surface area contributed by atoms with E-state index >= 15 is 0 Å². The molecule has 1 aliphatic heterocycles. The molecule has 1 atom stereocenters. The Morgan fingerprint density at radius 2 is 2.19 bits per heavy atom. The highest BCUT2D eigenvalue weighted by molar-refractivity contribution is 7.99. The quantitative estimate of drug-likeness (QED) is 0.499. The van der Waals surface area contributed by atoms with Crippen molar-refractivity contribution in [3.63, 3.8) is 0 Å². The van der Waals surface area contributed by atoms with E-state index in [9.17, 15) is 9.59 Å². The summed E-state index contributed by atoms with van der Waals surface area (Å²) in [4.78, 5) is 29.5. The van der Waals surface area contributed by atoms with E-state index in [-0.39, 0.29) is 23.5 Å². The summed E-state index contributed by atoms with van der Waals surface area (Å²) in [6.07, 6.45) is 6.10. The molecule has 0 bridgehead atoms. The SMILES string of the molecule is COc1cccc(CNC(=O)CSc2nc(=O)n(CC3CCCO3)c3c2CCCC3)c1. The molecular formula is C23H29N3O4S. The van der Waals surface area contributed by atoms with Gasteiger partial charge in [0.05, 0.1) is 25.5 Å². The lowest BCUT2D eigenvalue weighted by Gasteiger charge is -2.24. The first-order chi connectivity index (χ1) is 15.1. The normalized spacial score (nSPS) is 17.9. The number of carbonyl (C=O) groups is 1. The molecule has 2 heterocycles. The summed E-state index contributed by atoms with van der Waals surface area (Å²) in [6.45, 7) is 1.79. The first kappa shape index (κ1) is 21.9. The third-order valence-electron chi connectivity index (χ3n) is 5.82. The monoisotopic (exact) mass is 443 g/mol. The van der Waals surface area contributed by atoms with E-state index in [1.807, 2.05) is 28.8 Å². The highest BCUT2D eigenvalue weighted by Gasteiger charge is 2.24. The van der Waals surface area contributed by atoms with Crippen LogP contribution in [-0.4, -0.2) is 41.0 Å². The summed E-state index contributed by atoms with van der Waals surface area (Å²) in [6, 6.07) is 7.62. The van der Waals surface area contributed by atoms with Gasteiger partial charge in [-0.1, -0.05) is 23.9 Å². The van der Waals surface area contributed by atoms with Gasteiger partial charge in [-0.3, -0.25) is 9.36 Å². The van der Waals surface area contributed by atoms with E-state index in [0.29, 0.717) is 18.1 Å². The fourth-order valence-corrected chi connectivity index (χ4v) is 5.12. The second-order valence-corrected chi connectivity index (χ2v) is 8.96. The number of hydrogen-bond acceptors (Lipinski definition) is 6. The minimum Gasteiger partial charge on any atom is -0.497 e. The van der Waals surface area contributed by atoms with E-state index in [4.69, 9.17) is 9.47 Å². The van der Waals surface area contributed by atoms with Crippen LogP contribution in [0.1, 0.15) is 42.5 Å². The van der Waals surface area contributed by atoms with Crippen LogP contribution in [0.3, 0.4) is 0 Å². The highest BCUT2D eigenvalue weighted by Crippen LogP contribution is 2.29. The molecule has 1 fully saturated rings. The van der Waals surface area contributed by atoms with Gasteiger partial charge >= 0.3 is 5.69 Å². The average molecular weight is 444 g/mol. The fraction of sp³-hybridized carbons (Fsp3) is 0.522. The number of amides is 1. The molecule has 1 aromatic heterocycles. The topological polar surface area (TPSA) is 82.5 Å². The van der Waals surface area contributed by atoms with Crippen molar-refractivity contribution in [2.75, 3.05) is 19.5 Å². The molecule has 4 rings (SSSR count). The molecule has 166 valence electrons. The lowest BCUT2D eigenvalue weighted by molar-refractivity contribution is -0.118. The number of aromatic nitrogens is 2. The van der Waals surface area contributed by atoms with Crippen molar-refractivity contribution in [1.29, 1.82) is 0 Å². The van der Waals surface area contributed by atoms with Crippen LogP contribution in [0.25, 0.3) is 0 Å². The van der Waals surface area contributed by atoms with Crippen LogP contribution in [0.5, 0.6) is 5.75 Å². The Labute approximate surface area is 186 Å². The number of nitrogens with one attached hydrogen (secondary N) is 1. The van der Waals surface area contributed by atoms with Gasteiger partial charge in [-0.05, 0) is 56.2 Å². The number of rotatable bonds is 8. The van der Waals surface area contributed by atoms with Crippen molar-refractivity contribution in [3.05, 3.63) is 51.6 Å². The van der Waals surface area contributed by atoms with E-state index in [2.05, 4.69) is 10.3 Å². The Morgan fingerprint density at radius 3 is 3.00 bits per heavy atom. The van der Waals surface area contributed by atoms with E-state index in [0.717, 1.165) is 67.7 Å². The third-order valence-corrected chi connectivity index (χ3v) is 6.84. The summed E-state index contributed by atoms with van der Waals surface area (Å²) < 4.78 is 12.8. The smallest absolute Gasteiger partial charge is 0.348 e. The first-order valence-corrected chi connectivity index (χ1v) is 11.9. The minimum absolute atomic E-state index is 0.0808. The molecule has 0 spiro atoms. The number of carbonyl (C=O) groups excluding carboxylic acids is 1. The second kappa shape index (κ2) is 10.3. The van der Waals surface area contributed by atoms with Crippen LogP contribution in [-0.2, 0) is 35.5 Å². The van der Waals surface area contributed by atoms with Crippen LogP contribution in [0.4, 0.5) is 0 Å². The van der Waals surface area contributed by atoms with Gasteiger partial charge in [-0.25, -0.2) is 4.79 Å². The predicted molar refractivity (Wildman–Crippen MR) is 120 cm³/mol. The molecule has 2 aromatic rings. The number of thioether (sulfide) groups is 1. The molecule has 1 N–H and O–H groups in total. The molecule has 1 saturated heterocycles. The maximum absolute atomic E-state index is 12.8. The molecular weight excluding hydrogens is 414 g/mol. The molecule has 1 unspecified atom stereocenters. The Kier molecular flexibility index (Phi) is 7.29. The summed E-state index contributed by atoms with van der Waals surface area (Å²) in [5.41, 5.74) is 2.97. The van der Waals surface area contributed by atoms with Crippen LogP contribution >= 0.6 is 11.8 Å². The zero-order chi connectivity index (χ0) is 21.6. The lowest BCUT2D eigenvalue weighted by Crippen LogP contribution is -2.34. The maximum atomic E-state index is 12.8. The molecule has 2 aliphatic rings. The van der Waals surface area contributed by atoms with Crippen molar-refractivity contribution in [2.45, 2.75) is 62.7 Å². The minimum atomic E-state index is -0.226. The Morgan fingerprint density at radius 1 is 1.32 bits per heavy atom. The molecule has 8 heteroatoms. The molecule has 0 saturated carbocycles.